The molecule has 3 nitrogen and oxygen atoms in total. The van der Waals surface area contributed by atoms with Crippen LogP contribution in [0.5, 0.6) is 0 Å². The molecule has 0 aliphatic carbocycles. The molecular weight excluding hydrogens is 175 g/mol. The average Bonchev–Trinajstić information content (AvgIpc) is 2.05. The lowest BCUT2D eigenvalue weighted by molar-refractivity contribution is -0.162. The van der Waals surface area contributed by atoms with E-state index in [-0.39, 0.29) is 6.10 Å². The van der Waals surface area contributed by atoms with Gasteiger partial charge in [0.2, 0.25) is 0 Å². The van der Waals surface area contributed by atoms with E-state index in [4.69, 9.17) is 9.26 Å². The third-order valence-corrected chi connectivity index (χ3v) is 2.82. The van der Waals surface area contributed by atoms with Crippen LogP contribution in [0.2, 0.25) is 0 Å². The van der Waals surface area contributed by atoms with Gasteiger partial charge in [0.1, 0.15) is 0 Å². The smallest absolute Gasteiger partial charge is 0.154 e. The molecule has 1 unspecified atom stereocenters. The quantitative estimate of drug-likeness (QED) is 0.542. The van der Waals surface area contributed by atoms with Gasteiger partial charge in [-0.3, -0.25) is 0 Å². The van der Waals surface area contributed by atoms with E-state index >= 15 is 0 Å². The summed E-state index contributed by atoms with van der Waals surface area (Å²) >= 11 is 0. The molecule has 1 saturated heterocycles. The number of ether oxygens (including phenoxy) is 1. The molecule has 0 saturated carbocycles. The fourth-order valence-electron chi connectivity index (χ4n) is 1.41. The van der Waals surface area contributed by atoms with Crippen molar-refractivity contribution in [2.45, 2.75) is 38.1 Å². The van der Waals surface area contributed by atoms with E-state index in [9.17, 15) is 5.11 Å². The highest BCUT2D eigenvalue weighted by atomic mass is 31.1. The number of aliphatic hydroxyl groups is 1. The molecule has 0 aromatic heterocycles. The number of hydrogen-bond acceptors (Lipinski definition) is 3. The largest absolute Gasteiger partial charge is 0.368 e. The summed E-state index contributed by atoms with van der Waals surface area (Å²) in [6.07, 6.45) is 4.78. The normalized spacial score (nSPS) is 31.5. The average molecular weight is 192 g/mol. The van der Waals surface area contributed by atoms with E-state index in [1.165, 1.54) is 0 Å². The van der Waals surface area contributed by atoms with E-state index in [0.29, 0.717) is 8.81 Å². The Hall–Kier alpha value is 0.310. The Morgan fingerprint density at radius 2 is 2.42 bits per heavy atom. The van der Waals surface area contributed by atoms with Crippen LogP contribution in [0.25, 0.3) is 0 Å². The van der Waals surface area contributed by atoms with Gasteiger partial charge in [-0.1, -0.05) is 0 Å². The van der Waals surface area contributed by atoms with Gasteiger partial charge in [0, 0.05) is 15.9 Å². The topological polar surface area (TPSA) is 38.7 Å². The van der Waals surface area contributed by atoms with Gasteiger partial charge in [0.15, 0.2) is 6.29 Å². The van der Waals surface area contributed by atoms with Gasteiger partial charge in [0.25, 0.3) is 0 Å². The van der Waals surface area contributed by atoms with Crippen molar-refractivity contribution in [3.63, 3.8) is 0 Å². The predicted octanol–water partition coefficient (Wildman–Crippen LogP) is 1.50. The second kappa shape index (κ2) is 5.87. The Bertz CT molecular complexity index is 121. The van der Waals surface area contributed by atoms with Crippen molar-refractivity contribution >= 4 is 8.81 Å². The molecule has 0 aromatic carbocycles. The molecule has 0 bridgehead atoms. The van der Waals surface area contributed by atoms with Gasteiger partial charge in [-0.05, 0) is 31.8 Å². The lowest BCUT2D eigenvalue weighted by atomic mass is 10.1. The molecule has 12 heavy (non-hydrogen) atoms. The van der Waals surface area contributed by atoms with Gasteiger partial charge >= 0.3 is 0 Å². The third kappa shape index (κ3) is 3.81. The van der Waals surface area contributed by atoms with Gasteiger partial charge < -0.3 is 14.4 Å². The molecule has 0 amide bonds. The lowest BCUT2D eigenvalue weighted by Gasteiger charge is -2.26. The third-order valence-electron chi connectivity index (χ3n) is 2.04. The second-order valence-electron chi connectivity index (χ2n) is 3.03. The Balaban J connectivity index is 2.06. The molecule has 4 heteroatoms. The highest BCUT2D eigenvalue weighted by Gasteiger charge is 2.19. The maximum absolute atomic E-state index is 9.18. The van der Waals surface area contributed by atoms with Gasteiger partial charge in [-0.2, -0.15) is 0 Å². The van der Waals surface area contributed by atoms with Crippen LogP contribution in [-0.4, -0.2) is 30.8 Å². The van der Waals surface area contributed by atoms with E-state index in [2.05, 4.69) is 0 Å². The molecule has 72 valence electrons. The van der Waals surface area contributed by atoms with Crippen molar-refractivity contribution < 1.29 is 14.4 Å². The summed E-state index contributed by atoms with van der Waals surface area (Å²) in [5.74, 6) is 0. The van der Waals surface area contributed by atoms with Gasteiger partial charge in [-0.15, -0.1) is 0 Å². The summed E-state index contributed by atoms with van der Waals surface area (Å²) in [4.78, 5) is 0. The Morgan fingerprint density at radius 1 is 1.58 bits per heavy atom. The number of hydrogen-bond donors (Lipinski definition) is 1. The van der Waals surface area contributed by atoms with E-state index < -0.39 is 6.29 Å². The molecule has 1 heterocycles. The van der Waals surface area contributed by atoms with Crippen molar-refractivity contribution in [1.82, 2.24) is 0 Å². The Kier molecular flexibility index (Phi) is 5.08. The summed E-state index contributed by atoms with van der Waals surface area (Å²) in [6, 6.07) is 0. The second-order valence-corrected chi connectivity index (χ2v) is 4.23. The van der Waals surface area contributed by atoms with Crippen LogP contribution >= 0.6 is 8.81 Å². The standard InChI is InChI=1S/C8H17O3P/c1-10-12-6-5-7-3-2-4-8(9)11-7/h7-9,12H,2-6H2,1H3/t7-,8+/m0/s1. The maximum atomic E-state index is 9.18. The molecule has 1 rings (SSSR count). The first-order valence-electron chi connectivity index (χ1n) is 4.42. The van der Waals surface area contributed by atoms with Crippen LogP contribution in [0, 0.1) is 0 Å². The molecule has 1 aliphatic rings. The zero-order chi connectivity index (χ0) is 8.81. The number of rotatable bonds is 4. The first-order chi connectivity index (χ1) is 5.83. The summed E-state index contributed by atoms with van der Waals surface area (Å²) in [6.45, 7) is 0. The molecule has 0 aromatic rings. The lowest BCUT2D eigenvalue weighted by Crippen LogP contribution is -2.27. The molecule has 1 fully saturated rings. The molecular formula is C8H17O3P. The Morgan fingerprint density at radius 3 is 3.08 bits per heavy atom. The monoisotopic (exact) mass is 192 g/mol. The minimum absolute atomic E-state index is 0.261. The number of aliphatic hydroxyl groups excluding tert-OH is 1. The van der Waals surface area contributed by atoms with Crippen molar-refractivity contribution in [1.29, 1.82) is 0 Å². The fourth-order valence-corrected chi connectivity index (χ4v) is 2.06. The molecule has 0 spiro atoms. The zero-order valence-electron chi connectivity index (χ0n) is 7.45. The highest BCUT2D eigenvalue weighted by Crippen LogP contribution is 2.22. The minimum atomic E-state index is -0.519. The molecule has 3 atom stereocenters. The van der Waals surface area contributed by atoms with E-state index in [1.54, 1.807) is 7.11 Å². The zero-order valence-corrected chi connectivity index (χ0v) is 8.45. The summed E-state index contributed by atoms with van der Waals surface area (Å²) in [5.41, 5.74) is 0. The van der Waals surface area contributed by atoms with Crippen LogP contribution < -0.4 is 0 Å². The fraction of sp³-hybridized carbons (Fsp3) is 1.00. The summed E-state index contributed by atoms with van der Waals surface area (Å²) < 4.78 is 10.3. The maximum Gasteiger partial charge on any atom is 0.154 e. The Labute approximate surface area is 75.3 Å². The summed E-state index contributed by atoms with van der Waals surface area (Å²) in [7, 11) is 2.29. The van der Waals surface area contributed by atoms with Gasteiger partial charge in [0.05, 0.1) is 6.10 Å². The van der Waals surface area contributed by atoms with Gasteiger partial charge in [-0.25, -0.2) is 0 Å². The predicted molar refractivity (Wildman–Crippen MR) is 49.5 cm³/mol. The molecule has 1 aliphatic heterocycles. The SMILES string of the molecule is COPCC[C@@H]1CCC[C@H](O)O1. The minimum Gasteiger partial charge on any atom is -0.368 e. The van der Waals surface area contributed by atoms with Crippen LogP contribution in [-0.2, 0) is 9.26 Å². The van der Waals surface area contributed by atoms with Crippen LogP contribution in [0.15, 0.2) is 0 Å². The van der Waals surface area contributed by atoms with Crippen molar-refractivity contribution in [2.75, 3.05) is 13.3 Å². The van der Waals surface area contributed by atoms with Crippen molar-refractivity contribution in [2.24, 2.45) is 0 Å². The van der Waals surface area contributed by atoms with Crippen LogP contribution in [0.1, 0.15) is 25.7 Å². The highest BCUT2D eigenvalue weighted by molar-refractivity contribution is 7.32. The first kappa shape index (κ1) is 10.4. The van der Waals surface area contributed by atoms with E-state index in [1.807, 2.05) is 0 Å². The van der Waals surface area contributed by atoms with Crippen LogP contribution in [0.4, 0.5) is 0 Å². The molecule has 0 radical (unpaired) electrons. The van der Waals surface area contributed by atoms with Crippen molar-refractivity contribution in [3.05, 3.63) is 0 Å². The van der Waals surface area contributed by atoms with E-state index in [0.717, 1.165) is 31.8 Å². The summed E-state index contributed by atoms with van der Waals surface area (Å²) in [5, 5.41) is 9.18. The van der Waals surface area contributed by atoms with Crippen LogP contribution in [0.3, 0.4) is 0 Å². The van der Waals surface area contributed by atoms with Crippen molar-refractivity contribution in [3.8, 4) is 0 Å². The molecule has 1 N–H and O–H groups in total. The first-order valence-corrected chi connectivity index (χ1v) is 5.54.